The highest BCUT2D eigenvalue weighted by atomic mass is 32.1. The fraction of sp³-hybridized carbons (Fsp3) is 0.769. The predicted octanol–water partition coefficient (Wildman–Crippen LogP) is 2.41. The van der Waals surface area contributed by atoms with Crippen molar-refractivity contribution in [2.75, 3.05) is 14.1 Å². The first kappa shape index (κ1) is 13.0. The third-order valence-electron chi connectivity index (χ3n) is 3.97. The van der Waals surface area contributed by atoms with E-state index in [1.165, 1.54) is 36.3 Å². The van der Waals surface area contributed by atoms with Gasteiger partial charge in [0.25, 0.3) is 0 Å². The Balaban J connectivity index is 1.85. The van der Waals surface area contributed by atoms with Crippen LogP contribution in [0, 0.1) is 6.92 Å². The van der Waals surface area contributed by atoms with E-state index in [0.29, 0.717) is 0 Å². The first-order valence-electron chi connectivity index (χ1n) is 6.47. The lowest BCUT2D eigenvalue weighted by atomic mass is 9.90. The maximum absolute atomic E-state index is 4.32. The zero-order valence-electron chi connectivity index (χ0n) is 11.1. The third-order valence-corrected chi connectivity index (χ3v) is 4.89. The molecule has 96 valence electrons. The van der Waals surface area contributed by atoms with E-state index in [4.69, 9.17) is 0 Å². The minimum absolute atomic E-state index is 0.741. The molecule has 1 aliphatic carbocycles. The standard InChI is InChI=1S/C13H23N3S/c1-10-13(17-9-15-10)8-16(3)12-6-4-11(14-2)5-7-12/h9,11-12,14H,4-8H2,1-3H3. The van der Waals surface area contributed by atoms with Gasteiger partial charge in [-0.25, -0.2) is 4.98 Å². The topological polar surface area (TPSA) is 28.2 Å². The molecule has 2 rings (SSSR count). The van der Waals surface area contributed by atoms with Gasteiger partial charge in [-0.15, -0.1) is 11.3 Å². The fourth-order valence-electron chi connectivity index (χ4n) is 2.64. The second-order valence-corrected chi connectivity index (χ2v) is 6.01. The molecule has 17 heavy (non-hydrogen) atoms. The van der Waals surface area contributed by atoms with Crippen molar-refractivity contribution in [3.8, 4) is 0 Å². The van der Waals surface area contributed by atoms with Gasteiger partial charge in [0.1, 0.15) is 0 Å². The van der Waals surface area contributed by atoms with Crippen molar-refractivity contribution in [3.63, 3.8) is 0 Å². The van der Waals surface area contributed by atoms with E-state index in [2.05, 4.69) is 36.2 Å². The van der Waals surface area contributed by atoms with Gasteiger partial charge in [0.15, 0.2) is 0 Å². The molecular formula is C13H23N3S. The molecule has 1 aromatic rings. The Morgan fingerprint density at radius 2 is 2.12 bits per heavy atom. The Labute approximate surface area is 108 Å². The summed E-state index contributed by atoms with van der Waals surface area (Å²) >= 11 is 1.78. The van der Waals surface area contributed by atoms with Crippen LogP contribution in [-0.4, -0.2) is 36.1 Å². The van der Waals surface area contributed by atoms with Crippen LogP contribution in [0.2, 0.25) is 0 Å². The van der Waals surface area contributed by atoms with E-state index in [9.17, 15) is 0 Å². The van der Waals surface area contributed by atoms with Crippen molar-refractivity contribution >= 4 is 11.3 Å². The number of aromatic nitrogens is 1. The van der Waals surface area contributed by atoms with Crippen LogP contribution in [0.25, 0.3) is 0 Å². The third kappa shape index (κ3) is 3.27. The molecule has 0 saturated heterocycles. The number of nitrogens with one attached hydrogen (secondary N) is 1. The molecule has 0 atom stereocenters. The van der Waals surface area contributed by atoms with E-state index >= 15 is 0 Å². The van der Waals surface area contributed by atoms with E-state index in [0.717, 1.165) is 18.6 Å². The molecular weight excluding hydrogens is 230 g/mol. The molecule has 4 heteroatoms. The van der Waals surface area contributed by atoms with Gasteiger partial charge in [0.05, 0.1) is 11.2 Å². The zero-order chi connectivity index (χ0) is 12.3. The van der Waals surface area contributed by atoms with Gasteiger partial charge in [0.2, 0.25) is 0 Å². The van der Waals surface area contributed by atoms with Gasteiger partial charge in [-0.2, -0.15) is 0 Å². The van der Waals surface area contributed by atoms with Crippen LogP contribution in [0.5, 0.6) is 0 Å². The fourth-order valence-corrected chi connectivity index (χ4v) is 3.48. The first-order chi connectivity index (χ1) is 8.20. The van der Waals surface area contributed by atoms with E-state index in [1.807, 2.05) is 5.51 Å². The Kier molecular flexibility index (Phi) is 4.54. The second kappa shape index (κ2) is 5.94. The molecule has 0 spiro atoms. The highest BCUT2D eigenvalue weighted by Gasteiger charge is 2.23. The van der Waals surface area contributed by atoms with Crippen LogP contribution in [0.15, 0.2) is 5.51 Å². The first-order valence-corrected chi connectivity index (χ1v) is 7.35. The average Bonchev–Trinajstić information content (AvgIpc) is 2.75. The van der Waals surface area contributed by atoms with Gasteiger partial charge < -0.3 is 5.32 Å². The smallest absolute Gasteiger partial charge is 0.0798 e. The molecule has 0 radical (unpaired) electrons. The quantitative estimate of drug-likeness (QED) is 0.893. The van der Waals surface area contributed by atoms with Crippen LogP contribution >= 0.6 is 11.3 Å². The Morgan fingerprint density at radius 3 is 2.65 bits per heavy atom. The number of thiazole rings is 1. The Morgan fingerprint density at radius 1 is 1.41 bits per heavy atom. The van der Waals surface area contributed by atoms with Crippen LogP contribution in [-0.2, 0) is 6.54 Å². The molecule has 1 saturated carbocycles. The molecule has 3 nitrogen and oxygen atoms in total. The summed E-state index contributed by atoms with van der Waals surface area (Å²) in [7, 11) is 4.33. The number of hydrogen-bond donors (Lipinski definition) is 1. The van der Waals surface area contributed by atoms with Crippen molar-refractivity contribution < 1.29 is 0 Å². The maximum atomic E-state index is 4.32. The van der Waals surface area contributed by atoms with Crippen molar-refractivity contribution in [1.29, 1.82) is 0 Å². The van der Waals surface area contributed by atoms with Gasteiger partial charge in [-0.3, -0.25) is 4.90 Å². The zero-order valence-corrected chi connectivity index (χ0v) is 11.9. The van der Waals surface area contributed by atoms with E-state index in [1.54, 1.807) is 11.3 Å². The van der Waals surface area contributed by atoms with Gasteiger partial charge in [-0.1, -0.05) is 0 Å². The van der Waals surface area contributed by atoms with Gasteiger partial charge >= 0.3 is 0 Å². The van der Waals surface area contributed by atoms with Crippen molar-refractivity contribution in [3.05, 3.63) is 16.1 Å². The molecule has 1 fully saturated rings. The summed E-state index contributed by atoms with van der Waals surface area (Å²) in [6.45, 7) is 3.17. The molecule has 0 bridgehead atoms. The maximum Gasteiger partial charge on any atom is 0.0798 e. The van der Waals surface area contributed by atoms with Gasteiger partial charge in [0, 0.05) is 23.5 Å². The summed E-state index contributed by atoms with van der Waals surface area (Å²) in [6, 6.07) is 1.49. The number of aryl methyl sites for hydroxylation is 1. The van der Waals surface area contributed by atoms with Crippen LogP contribution < -0.4 is 5.32 Å². The normalized spacial score (nSPS) is 25.4. The van der Waals surface area contributed by atoms with Crippen LogP contribution in [0.4, 0.5) is 0 Å². The molecule has 0 amide bonds. The highest BCUT2D eigenvalue weighted by molar-refractivity contribution is 7.09. The second-order valence-electron chi connectivity index (χ2n) is 5.07. The molecule has 1 heterocycles. The summed E-state index contributed by atoms with van der Waals surface area (Å²) in [4.78, 5) is 8.25. The number of rotatable bonds is 4. The van der Waals surface area contributed by atoms with E-state index in [-0.39, 0.29) is 0 Å². The largest absolute Gasteiger partial charge is 0.317 e. The van der Waals surface area contributed by atoms with Crippen molar-refractivity contribution in [2.24, 2.45) is 0 Å². The van der Waals surface area contributed by atoms with Gasteiger partial charge in [-0.05, 0) is 46.7 Å². The molecule has 0 aromatic carbocycles. The SMILES string of the molecule is CNC1CCC(N(C)Cc2scnc2C)CC1. The lowest BCUT2D eigenvalue weighted by Gasteiger charge is -2.34. The summed E-state index contributed by atoms with van der Waals surface area (Å²) in [5, 5.41) is 3.39. The van der Waals surface area contributed by atoms with Crippen molar-refractivity contribution in [2.45, 2.75) is 51.2 Å². The molecule has 1 aromatic heterocycles. The van der Waals surface area contributed by atoms with Crippen LogP contribution in [0.1, 0.15) is 36.3 Å². The molecule has 1 N–H and O–H groups in total. The summed E-state index contributed by atoms with van der Waals surface area (Å²) in [5.74, 6) is 0. The monoisotopic (exact) mass is 253 g/mol. The minimum atomic E-state index is 0.741. The lowest BCUT2D eigenvalue weighted by Crippen LogP contribution is -2.39. The molecule has 0 unspecified atom stereocenters. The lowest BCUT2D eigenvalue weighted by molar-refractivity contribution is 0.171. The Hall–Kier alpha value is -0.450. The highest BCUT2D eigenvalue weighted by Crippen LogP contribution is 2.24. The summed E-state index contributed by atoms with van der Waals surface area (Å²) in [6.07, 6.45) is 5.26. The average molecular weight is 253 g/mol. The molecule has 1 aliphatic rings. The Bertz CT molecular complexity index is 342. The number of nitrogens with zero attached hydrogens (tertiary/aromatic N) is 2. The number of hydrogen-bond acceptors (Lipinski definition) is 4. The molecule has 0 aliphatic heterocycles. The van der Waals surface area contributed by atoms with Crippen molar-refractivity contribution in [1.82, 2.24) is 15.2 Å². The summed E-state index contributed by atoms with van der Waals surface area (Å²) < 4.78 is 0. The summed E-state index contributed by atoms with van der Waals surface area (Å²) in [5.41, 5.74) is 3.15. The minimum Gasteiger partial charge on any atom is -0.317 e. The van der Waals surface area contributed by atoms with E-state index < -0.39 is 0 Å². The predicted molar refractivity (Wildman–Crippen MR) is 73.4 cm³/mol. The van der Waals surface area contributed by atoms with Crippen LogP contribution in [0.3, 0.4) is 0 Å².